The van der Waals surface area contributed by atoms with Gasteiger partial charge in [0.15, 0.2) is 0 Å². The van der Waals surface area contributed by atoms with Crippen LogP contribution in [0, 0.1) is 13.8 Å². The highest BCUT2D eigenvalue weighted by Gasteiger charge is 2.49. The van der Waals surface area contributed by atoms with Gasteiger partial charge in [0.2, 0.25) is 5.91 Å². The Bertz CT molecular complexity index is 974. The van der Waals surface area contributed by atoms with Crippen molar-refractivity contribution in [3.63, 3.8) is 0 Å². The Morgan fingerprint density at radius 3 is 2.41 bits per heavy atom. The topological polar surface area (TPSA) is 69.7 Å². The first-order valence-electron chi connectivity index (χ1n) is 9.32. The molecule has 7 heteroatoms. The predicted molar refractivity (Wildman–Crippen MR) is 111 cm³/mol. The fourth-order valence-corrected chi connectivity index (χ4v) is 3.57. The summed E-state index contributed by atoms with van der Waals surface area (Å²) in [6.07, 6.45) is 0. The Morgan fingerprint density at radius 2 is 1.79 bits per heavy atom. The Kier molecular flexibility index (Phi) is 5.66. The van der Waals surface area contributed by atoms with Gasteiger partial charge in [0.05, 0.1) is 0 Å². The van der Waals surface area contributed by atoms with Crippen LogP contribution >= 0.6 is 11.6 Å². The Hall–Kier alpha value is -2.86. The Labute approximate surface area is 175 Å². The molecule has 3 rings (SSSR count). The van der Waals surface area contributed by atoms with Crippen molar-refractivity contribution in [1.29, 1.82) is 0 Å². The van der Waals surface area contributed by atoms with Crippen LogP contribution in [0.3, 0.4) is 0 Å². The molecule has 1 saturated heterocycles. The molecule has 0 bridgehead atoms. The highest BCUT2D eigenvalue weighted by atomic mass is 35.5. The number of benzene rings is 2. The van der Waals surface area contributed by atoms with Crippen molar-refractivity contribution in [3.05, 3.63) is 69.7 Å². The van der Waals surface area contributed by atoms with Crippen LogP contribution in [0.5, 0.6) is 0 Å². The van der Waals surface area contributed by atoms with Gasteiger partial charge >= 0.3 is 6.03 Å². The highest BCUT2D eigenvalue weighted by molar-refractivity contribution is 6.30. The maximum atomic E-state index is 13.0. The van der Waals surface area contributed by atoms with E-state index in [0.29, 0.717) is 17.1 Å². The van der Waals surface area contributed by atoms with Gasteiger partial charge < -0.3 is 10.2 Å². The third-order valence-electron chi connectivity index (χ3n) is 5.32. The molecular formula is C22H24ClN3O3. The smallest absolute Gasteiger partial charge is 0.325 e. The summed E-state index contributed by atoms with van der Waals surface area (Å²) in [4.78, 5) is 40.6. The van der Waals surface area contributed by atoms with Gasteiger partial charge in [-0.2, -0.15) is 0 Å². The van der Waals surface area contributed by atoms with E-state index in [0.717, 1.165) is 21.6 Å². The van der Waals surface area contributed by atoms with Gasteiger partial charge in [0, 0.05) is 18.6 Å². The van der Waals surface area contributed by atoms with Crippen LogP contribution in [-0.4, -0.2) is 41.2 Å². The van der Waals surface area contributed by atoms with Crippen molar-refractivity contribution >= 4 is 29.4 Å². The number of nitrogens with one attached hydrogen (secondary N) is 1. The van der Waals surface area contributed by atoms with Gasteiger partial charge in [-0.15, -0.1) is 0 Å². The number of rotatable bonds is 5. The van der Waals surface area contributed by atoms with E-state index in [1.54, 1.807) is 38.2 Å². The van der Waals surface area contributed by atoms with Crippen LogP contribution in [0.4, 0.5) is 4.79 Å². The molecule has 6 nitrogen and oxygen atoms in total. The lowest BCUT2D eigenvalue weighted by atomic mass is 9.92. The number of carbonyl (C=O) groups excluding carboxylic acids is 3. The predicted octanol–water partition coefficient (Wildman–Crippen LogP) is 3.38. The molecule has 0 radical (unpaired) electrons. The minimum Gasteiger partial charge on any atom is -0.340 e. The number of hydrogen-bond acceptors (Lipinski definition) is 3. The minimum atomic E-state index is -1.23. The van der Waals surface area contributed by atoms with E-state index < -0.39 is 17.5 Å². The first-order valence-corrected chi connectivity index (χ1v) is 9.70. The van der Waals surface area contributed by atoms with Gasteiger partial charge in [0.1, 0.15) is 12.1 Å². The molecule has 4 amide bonds. The fourth-order valence-electron chi connectivity index (χ4n) is 3.44. The number of hydrogen-bond donors (Lipinski definition) is 1. The standard InChI is InChI=1S/C22H24ClN3O3/c1-14-5-6-16(15(2)11-14)12-25(4)19(27)13-26-20(28)22(3,24-21(26)29)17-7-9-18(23)10-8-17/h5-11H,12-13H2,1-4H3,(H,24,29)/t22-/m0/s1. The zero-order chi connectivity index (χ0) is 21.3. The first-order chi connectivity index (χ1) is 13.6. The average molecular weight is 414 g/mol. The molecule has 1 aliphatic heterocycles. The van der Waals surface area contributed by atoms with Crippen LogP contribution in [0.25, 0.3) is 0 Å². The van der Waals surface area contributed by atoms with E-state index in [1.807, 2.05) is 26.0 Å². The number of likely N-dealkylation sites (N-methyl/N-ethyl adjacent to an activating group) is 1. The van der Waals surface area contributed by atoms with Gasteiger partial charge in [-0.1, -0.05) is 47.5 Å². The van der Waals surface area contributed by atoms with Crippen molar-refractivity contribution in [1.82, 2.24) is 15.1 Å². The van der Waals surface area contributed by atoms with Gasteiger partial charge in [-0.25, -0.2) is 4.79 Å². The minimum absolute atomic E-state index is 0.310. The van der Waals surface area contributed by atoms with Gasteiger partial charge in [-0.05, 0) is 49.6 Å². The second kappa shape index (κ2) is 7.87. The summed E-state index contributed by atoms with van der Waals surface area (Å²) in [6.45, 7) is 5.73. The molecule has 1 aliphatic rings. The zero-order valence-electron chi connectivity index (χ0n) is 17.0. The number of urea groups is 1. The van der Waals surface area contributed by atoms with E-state index >= 15 is 0 Å². The number of carbonyl (C=O) groups is 3. The number of halogens is 1. The van der Waals surface area contributed by atoms with E-state index in [1.165, 1.54) is 4.90 Å². The van der Waals surface area contributed by atoms with Crippen molar-refractivity contribution in [2.75, 3.05) is 13.6 Å². The molecule has 29 heavy (non-hydrogen) atoms. The molecule has 0 saturated carbocycles. The van der Waals surface area contributed by atoms with Crippen LogP contribution in [0.1, 0.15) is 29.2 Å². The van der Waals surface area contributed by atoms with E-state index in [2.05, 4.69) is 11.4 Å². The molecule has 1 heterocycles. The molecule has 2 aromatic rings. The largest absolute Gasteiger partial charge is 0.340 e. The molecule has 2 aromatic carbocycles. The van der Waals surface area contributed by atoms with Crippen LogP contribution in [-0.2, 0) is 21.7 Å². The number of aryl methyl sites for hydroxylation is 2. The number of imide groups is 1. The summed E-state index contributed by atoms with van der Waals surface area (Å²) >= 11 is 5.91. The molecule has 0 aliphatic carbocycles. The third-order valence-corrected chi connectivity index (χ3v) is 5.57. The Balaban J connectivity index is 1.72. The van der Waals surface area contributed by atoms with E-state index in [9.17, 15) is 14.4 Å². The summed E-state index contributed by atoms with van der Waals surface area (Å²) in [5.74, 6) is -0.771. The van der Waals surface area contributed by atoms with Crippen molar-refractivity contribution in [2.45, 2.75) is 32.9 Å². The average Bonchev–Trinajstić information content (AvgIpc) is 2.88. The molecule has 0 spiro atoms. The number of nitrogens with zero attached hydrogens (tertiary/aromatic N) is 2. The van der Waals surface area contributed by atoms with Crippen LogP contribution in [0.2, 0.25) is 5.02 Å². The van der Waals surface area contributed by atoms with E-state index in [-0.39, 0.29) is 12.5 Å². The normalized spacial score (nSPS) is 18.7. The highest BCUT2D eigenvalue weighted by Crippen LogP contribution is 2.29. The molecule has 1 fully saturated rings. The summed E-state index contributed by atoms with van der Waals surface area (Å²) in [7, 11) is 1.67. The monoisotopic (exact) mass is 413 g/mol. The fraction of sp³-hybridized carbons (Fsp3) is 0.318. The number of amides is 4. The maximum absolute atomic E-state index is 13.0. The van der Waals surface area contributed by atoms with Gasteiger partial charge in [-0.3, -0.25) is 14.5 Å². The molecule has 0 unspecified atom stereocenters. The summed E-state index contributed by atoms with van der Waals surface area (Å²) in [5.41, 5.74) is 2.65. The summed E-state index contributed by atoms with van der Waals surface area (Å²) < 4.78 is 0. The lowest BCUT2D eigenvalue weighted by Gasteiger charge is -2.23. The SMILES string of the molecule is Cc1ccc(CN(C)C(=O)CN2C(=O)N[C@@](C)(c3ccc(Cl)cc3)C2=O)c(C)c1. The van der Waals surface area contributed by atoms with Crippen molar-refractivity contribution < 1.29 is 14.4 Å². The lowest BCUT2D eigenvalue weighted by molar-refractivity contribution is -0.138. The van der Waals surface area contributed by atoms with Crippen molar-refractivity contribution in [2.24, 2.45) is 0 Å². The van der Waals surface area contributed by atoms with Gasteiger partial charge in [0.25, 0.3) is 5.91 Å². The second-order valence-corrected chi connectivity index (χ2v) is 8.07. The van der Waals surface area contributed by atoms with Crippen LogP contribution in [0.15, 0.2) is 42.5 Å². The summed E-state index contributed by atoms with van der Waals surface area (Å²) in [6, 6.07) is 12.2. The van der Waals surface area contributed by atoms with Crippen molar-refractivity contribution in [3.8, 4) is 0 Å². The Morgan fingerprint density at radius 1 is 1.14 bits per heavy atom. The molecule has 1 N–H and O–H groups in total. The zero-order valence-corrected chi connectivity index (χ0v) is 17.7. The molecule has 152 valence electrons. The summed E-state index contributed by atoms with van der Waals surface area (Å²) in [5, 5.41) is 3.24. The molecule has 0 aromatic heterocycles. The first kappa shape index (κ1) is 20.9. The van der Waals surface area contributed by atoms with Crippen LogP contribution < -0.4 is 5.32 Å². The molecule has 1 atom stereocenters. The van der Waals surface area contributed by atoms with E-state index in [4.69, 9.17) is 11.6 Å². The molecular weight excluding hydrogens is 390 g/mol. The second-order valence-electron chi connectivity index (χ2n) is 7.63. The maximum Gasteiger partial charge on any atom is 0.325 e. The third kappa shape index (κ3) is 4.12. The lowest BCUT2D eigenvalue weighted by Crippen LogP contribution is -2.43. The quantitative estimate of drug-likeness (QED) is 0.764.